The van der Waals surface area contributed by atoms with Gasteiger partial charge >= 0.3 is 0 Å². The minimum absolute atomic E-state index is 0.0217. The van der Waals surface area contributed by atoms with Gasteiger partial charge in [0.25, 0.3) is 5.69 Å². The molecule has 8 heteroatoms. The zero-order valence-corrected chi connectivity index (χ0v) is 16.2. The van der Waals surface area contributed by atoms with Crippen molar-refractivity contribution in [3.63, 3.8) is 0 Å². The van der Waals surface area contributed by atoms with Gasteiger partial charge in [-0.1, -0.05) is 29.5 Å². The van der Waals surface area contributed by atoms with Crippen LogP contribution in [0.25, 0.3) is 11.3 Å². The molecule has 0 atom stereocenters. The molecule has 0 bridgehead atoms. The number of amides is 1. The first kappa shape index (κ1) is 19.5. The van der Waals surface area contributed by atoms with Gasteiger partial charge in [-0.3, -0.25) is 14.9 Å². The number of thioether (sulfide) groups is 1. The summed E-state index contributed by atoms with van der Waals surface area (Å²) in [6, 6.07) is 15.6. The summed E-state index contributed by atoms with van der Waals surface area (Å²) >= 11 is 1.27. The number of nitro benzene ring substituents is 1. The predicted molar refractivity (Wildman–Crippen MR) is 109 cm³/mol. The Labute approximate surface area is 166 Å². The van der Waals surface area contributed by atoms with Crippen LogP contribution in [-0.4, -0.2) is 26.8 Å². The molecule has 3 rings (SSSR count). The topological polar surface area (TPSA) is 98.0 Å². The molecule has 3 aromatic rings. The third-order valence-electron chi connectivity index (χ3n) is 4.02. The number of hydrogen-bond donors (Lipinski definition) is 1. The molecular formula is C20H18N4O3S. The van der Waals surface area contributed by atoms with Gasteiger partial charge in [0.1, 0.15) is 5.03 Å². The zero-order valence-electron chi connectivity index (χ0n) is 15.4. The molecule has 0 radical (unpaired) electrons. The van der Waals surface area contributed by atoms with E-state index in [-0.39, 0.29) is 17.3 Å². The second-order valence-corrected chi connectivity index (χ2v) is 7.21. The van der Waals surface area contributed by atoms with Gasteiger partial charge in [0, 0.05) is 23.4 Å². The van der Waals surface area contributed by atoms with Crippen LogP contribution in [0.1, 0.15) is 11.1 Å². The van der Waals surface area contributed by atoms with Crippen molar-refractivity contribution < 1.29 is 9.72 Å². The smallest absolute Gasteiger partial charge is 0.269 e. The van der Waals surface area contributed by atoms with Crippen molar-refractivity contribution in [1.82, 2.24) is 10.2 Å². The highest BCUT2D eigenvalue weighted by Crippen LogP contribution is 2.24. The highest BCUT2D eigenvalue weighted by Gasteiger charge is 2.09. The van der Waals surface area contributed by atoms with Crippen LogP contribution in [0.2, 0.25) is 0 Å². The molecule has 0 aliphatic rings. The van der Waals surface area contributed by atoms with Crippen LogP contribution in [0, 0.1) is 24.0 Å². The summed E-state index contributed by atoms with van der Waals surface area (Å²) in [5.74, 6) is -0.0617. The number of hydrogen-bond acceptors (Lipinski definition) is 6. The molecule has 0 unspecified atom stereocenters. The van der Waals surface area contributed by atoms with Crippen LogP contribution in [0.4, 0.5) is 11.4 Å². The van der Waals surface area contributed by atoms with E-state index < -0.39 is 4.92 Å². The molecule has 1 amide bonds. The molecule has 0 spiro atoms. The van der Waals surface area contributed by atoms with Crippen LogP contribution >= 0.6 is 11.8 Å². The number of nitro groups is 1. The standard InChI is InChI=1S/C20H18N4O3S/c1-13-3-4-14(2)17(11-13)18-9-10-20(23-22-18)28-12-19(25)21-15-5-7-16(8-6-15)24(26)27/h3-11H,12H2,1-2H3,(H,21,25). The molecule has 0 saturated carbocycles. The van der Waals surface area contributed by atoms with Crippen molar-refractivity contribution in [3.05, 3.63) is 75.8 Å². The molecule has 1 N–H and O–H groups in total. The number of carbonyl (C=O) groups is 1. The molecule has 0 fully saturated rings. The lowest BCUT2D eigenvalue weighted by atomic mass is 10.0. The van der Waals surface area contributed by atoms with Gasteiger partial charge < -0.3 is 5.32 Å². The van der Waals surface area contributed by atoms with Crippen molar-refractivity contribution in [2.45, 2.75) is 18.9 Å². The minimum atomic E-state index is -0.484. The second-order valence-electron chi connectivity index (χ2n) is 6.22. The lowest BCUT2D eigenvalue weighted by molar-refractivity contribution is -0.384. The third-order valence-corrected chi connectivity index (χ3v) is 4.94. The maximum absolute atomic E-state index is 12.1. The Hall–Kier alpha value is -3.26. The highest BCUT2D eigenvalue weighted by molar-refractivity contribution is 7.99. The number of nitrogens with zero attached hydrogens (tertiary/aromatic N) is 3. The van der Waals surface area contributed by atoms with Gasteiger partial charge in [-0.2, -0.15) is 0 Å². The van der Waals surface area contributed by atoms with Crippen LogP contribution in [0.3, 0.4) is 0 Å². The van der Waals surface area contributed by atoms with Crippen molar-refractivity contribution >= 4 is 29.0 Å². The van der Waals surface area contributed by atoms with Crippen molar-refractivity contribution in [2.24, 2.45) is 0 Å². The lowest BCUT2D eigenvalue weighted by Gasteiger charge is -2.07. The molecule has 142 valence electrons. The van der Waals surface area contributed by atoms with Gasteiger partial charge in [0.2, 0.25) is 5.91 Å². The fourth-order valence-electron chi connectivity index (χ4n) is 2.56. The average molecular weight is 394 g/mol. The van der Waals surface area contributed by atoms with Crippen molar-refractivity contribution in [2.75, 3.05) is 11.1 Å². The molecule has 1 aromatic heterocycles. The Bertz CT molecular complexity index is 1000. The zero-order chi connectivity index (χ0) is 20.1. The first-order valence-corrected chi connectivity index (χ1v) is 9.49. The quantitative estimate of drug-likeness (QED) is 0.378. The molecule has 0 aliphatic carbocycles. The van der Waals surface area contributed by atoms with E-state index >= 15 is 0 Å². The number of nitrogens with one attached hydrogen (secondary N) is 1. The molecule has 0 aliphatic heterocycles. The van der Waals surface area contributed by atoms with Gasteiger partial charge in [0.15, 0.2) is 0 Å². The van der Waals surface area contributed by atoms with Crippen LogP contribution in [0.15, 0.2) is 59.6 Å². The molecule has 2 aromatic carbocycles. The molecule has 0 saturated heterocycles. The monoisotopic (exact) mass is 394 g/mol. The Morgan fingerprint density at radius 3 is 2.46 bits per heavy atom. The first-order valence-electron chi connectivity index (χ1n) is 8.51. The number of carbonyl (C=O) groups excluding carboxylic acids is 1. The number of aryl methyl sites for hydroxylation is 2. The number of non-ortho nitro benzene ring substituents is 1. The molecule has 28 heavy (non-hydrogen) atoms. The Morgan fingerprint density at radius 1 is 1.07 bits per heavy atom. The highest BCUT2D eigenvalue weighted by atomic mass is 32.2. The number of rotatable bonds is 6. The second kappa shape index (κ2) is 8.62. The fourth-order valence-corrected chi connectivity index (χ4v) is 3.17. The summed E-state index contributed by atoms with van der Waals surface area (Å²) in [7, 11) is 0. The van der Waals surface area contributed by atoms with Gasteiger partial charge in [-0.05, 0) is 49.7 Å². The molecule has 7 nitrogen and oxygen atoms in total. The van der Waals surface area contributed by atoms with E-state index in [2.05, 4.69) is 33.7 Å². The Morgan fingerprint density at radius 2 is 1.82 bits per heavy atom. The van der Waals surface area contributed by atoms with Crippen LogP contribution < -0.4 is 5.32 Å². The maximum atomic E-state index is 12.1. The minimum Gasteiger partial charge on any atom is -0.325 e. The van der Waals surface area contributed by atoms with Crippen LogP contribution in [0.5, 0.6) is 0 Å². The van der Waals surface area contributed by atoms with E-state index in [9.17, 15) is 14.9 Å². The third kappa shape index (κ3) is 4.92. The van der Waals surface area contributed by atoms with Crippen LogP contribution in [-0.2, 0) is 4.79 Å². The summed E-state index contributed by atoms with van der Waals surface area (Å²) in [5, 5.41) is 22.5. The molecule has 1 heterocycles. The summed E-state index contributed by atoms with van der Waals surface area (Å²) in [6.45, 7) is 4.06. The summed E-state index contributed by atoms with van der Waals surface area (Å²) in [6.07, 6.45) is 0. The van der Waals surface area contributed by atoms with E-state index in [0.29, 0.717) is 10.7 Å². The van der Waals surface area contributed by atoms with E-state index in [4.69, 9.17) is 0 Å². The largest absolute Gasteiger partial charge is 0.325 e. The maximum Gasteiger partial charge on any atom is 0.269 e. The normalized spacial score (nSPS) is 10.5. The fraction of sp³-hybridized carbons (Fsp3) is 0.150. The summed E-state index contributed by atoms with van der Waals surface area (Å²) in [5.41, 5.74) is 4.60. The number of anilines is 1. The van der Waals surface area contributed by atoms with Crippen molar-refractivity contribution in [1.29, 1.82) is 0 Å². The van der Waals surface area contributed by atoms with E-state index in [1.807, 2.05) is 26.0 Å². The predicted octanol–water partition coefficient (Wildman–Crippen LogP) is 4.40. The Kier molecular flexibility index (Phi) is 6.00. The average Bonchev–Trinajstić information content (AvgIpc) is 2.69. The summed E-state index contributed by atoms with van der Waals surface area (Å²) in [4.78, 5) is 22.2. The lowest BCUT2D eigenvalue weighted by Crippen LogP contribution is -2.14. The van der Waals surface area contributed by atoms with Gasteiger partial charge in [-0.15, -0.1) is 10.2 Å². The van der Waals surface area contributed by atoms with Gasteiger partial charge in [0.05, 0.1) is 16.4 Å². The first-order chi connectivity index (χ1) is 13.4. The number of aromatic nitrogens is 2. The van der Waals surface area contributed by atoms with E-state index in [1.54, 1.807) is 0 Å². The van der Waals surface area contributed by atoms with Crippen molar-refractivity contribution in [3.8, 4) is 11.3 Å². The SMILES string of the molecule is Cc1ccc(C)c(-c2ccc(SCC(=O)Nc3ccc([N+](=O)[O-])cc3)nn2)c1. The van der Waals surface area contributed by atoms with E-state index in [0.717, 1.165) is 22.4 Å². The summed E-state index contributed by atoms with van der Waals surface area (Å²) < 4.78 is 0. The van der Waals surface area contributed by atoms with E-state index in [1.165, 1.54) is 36.0 Å². The Balaban J connectivity index is 1.58. The van der Waals surface area contributed by atoms with Gasteiger partial charge in [-0.25, -0.2) is 0 Å². The molecular weight excluding hydrogens is 376 g/mol. The number of benzene rings is 2.